The molecule has 0 radical (unpaired) electrons. The molecule has 1 aromatic carbocycles. The molecule has 1 saturated carbocycles. The predicted octanol–water partition coefficient (Wildman–Crippen LogP) is 1.94. The van der Waals surface area contributed by atoms with E-state index in [1.807, 2.05) is 0 Å². The predicted molar refractivity (Wildman–Crippen MR) is 77.8 cm³/mol. The molecule has 3 N–H and O–H groups in total. The van der Waals surface area contributed by atoms with Gasteiger partial charge in [0.2, 0.25) is 0 Å². The highest BCUT2D eigenvalue weighted by Crippen LogP contribution is 2.36. The van der Waals surface area contributed by atoms with Crippen molar-refractivity contribution in [2.24, 2.45) is 5.41 Å². The molecule has 2 unspecified atom stereocenters. The number of carboxylic acid groups (broad SMARTS) is 1. The van der Waals surface area contributed by atoms with Crippen molar-refractivity contribution in [3.63, 3.8) is 0 Å². The molecule has 0 saturated heterocycles. The lowest BCUT2D eigenvalue weighted by atomic mass is 9.71. The quantitative estimate of drug-likeness (QED) is 0.791. The van der Waals surface area contributed by atoms with E-state index in [1.165, 1.54) is 0 Å². The van der Waals surface area contributed by atoms with Crippen molar-refractivity contribution in [2.45, 2.75) is 45.3 Å². The number of aliphatic carboxylic acids is 1. The summed E-state index contributed by atoms with van der Waals surface area (Å²) in [7, 11) is 0. The van der Waals surface area contributed by atoms with E-state index in [0.29, 0.717) is 18.4 Å². The molecule has 0 aromatic heterocycles. The number of carbonyl (C=O) groups is 2. The van der Waals surface area contributed by atoms with Gasteiger partial charge in [-0.3, -0.25) is 9.59 Å². The molecule has 1 fully saturated rings. The summed E-state index contributed by atoms with van der Waals surface area (Å²) in [6, 6.07) is 6.30. The van der Waals surface area contributed by atoms with Gasteiger partial charge in [0.1, 0.15) is 0 Å². The number of hydrogen-bond donors (Lipinski definition) is 3. The van der Waals surface area contributed by atoms with E-state index >= 15 is 0 Å². The number of carbonyl (C=O) groups excluding carboxylic acids is 1. The minimum atomic E-state index is -0.904. The Hall–Kier alpha value is -1.88. The number of amides is 1. The molecule has 21 heavy (non-hydrogen) atoms. The fraction of sp³-hybridized carbons (Fsp3) is 0.500. The SMILES string of the molecule is CC1(C(=O)O)CCCCC1NC(=O)c1ccc(CO)cc1. The molecule has 0 heterocycles. The van der Waals surface area contributed by atoms with Crippen molar-refractivity contribution in [3.05, 3.63) is 35.4 Å². The average Bonchev–Trinajstić information content (AvgIpc) is 2.49. The first-order chi connectivity index (χ1) is 9.97. The largest absolute Gasteiger partial charge is 0.481 e. The molecule has 1 amide bonds. The zero-order valence-corrected chi connectivity index (χ0v) is 12.1. The first kappa shape index (κ1) is 15.5. The molecular weight excluding hydrogens is 270 g/mol. The Morgan fingerprint density at radius 3 is 2.52 bits per heavy atom. The van der Waals surface area contributed by atoms with Crippen LogP contribution in [0.5, 0.6) is 0 Å². The third kappa shape index (κ3) is 3.24. The van der Waals surface area contributed by atoms with E-state index < -0.39 is 11.4 Å². The van der Waals surface area contributed by atoms with Crippen LogP contribution >= 0.6 is 0 Å². The van der Waals surface area contributed by atoms with Gasteiger partial charge in [0.05, 0.1) is 12.0 Å². The van der Waals surface area contributed by atoms with Crippen LogP contribution in [0.25, 0.3) is 0 Å². The minimum Gasteiger partial charge on any atom is -0.481 e. The van der Waals surface area contributed by atoms with Crippen LogP contribution in [0.3, 0.4) is 0 Å². The van der Waals surface area contributed by atoms with E-state index in [-0.39, 0.29) is 18.6 Å². The Kier molecular flexibility index (Phi) is 4.63. The number of aliphatic hydroxyl groups is 1. The Morgan fingerprint density at radius 2 is 1.95 bits per heavy atom. The summed E-state index contributed by atoms with van der Waals surface area (Å²) in [4.78, 5) is 23.8. The highest BCUT2D eigenvalue weighted by molar-refractivity contribution is 5.94. The summed E-state index contributed by atoms with van der Waals surface area (Å²) < 4.78 is 0. The molecule has 2 atom stereocenters. The van der Waals surface area contributed by atoms with E-state index in [2.05, 4.69) is 5.32 Å². The van der Waals surface area contributed by atoms with Crippen molar-refractivity contribution < 1.29 is 19.8 Å². The topological polar surface area (TPSA) is 86.6 Å². The van der Waals surface area contributed by atoms with Crippen molar-refractivity contribution in [3.8, 4) is 0 Å². The lowest BCUT2D eigenvalue weighted by molar-refractivity contribution is -0.151. The van der Waals surface area contributed by atoms with Crippen LogP contribution in [0.2, 0.25) is 0 Å². The molecule has 0 bridgehead atoms. The number of carboxylic acids is 1. The number of benzene rings is 1. The zero-order valence-electron chi connectivity index (χ0n) is 12.1. The maximum atomic E-state index is 12.3. The number of rotatable bonds is 4. The Bertz CT molecular complexity index is 526. The Labute approximate surface area is 124 Å². The summed E-state index contributed by atoms with van der Waals surface area (Å²) >= 11 is 0. The number of hydrogen-bond acceptors (Lipinski definition) is 3. The smallest absolute Gasteiger partial charge is 0.311 e. The summed E-state index contributed by atoms with van der Waals surface area (Å²) in [6.45, 7) is 1.63. The maximum absolute atomic E-state index is 12.3. The maximum Gasteiger partial charge on any atom is 0.311 e. The van der Waals surface area contributed by atoms with Crippen molar-refractivity contribution in [1.82, 2.24) is 5.32 Å². The molecule has 1 aliphatic rings. The van der Waals surface area contributed by atoms with Crippen LogP contribution in [-0.2, 0) is 11.4 Å². The van der Waals surface area contributed by atoms with Crippen LogP contribution in [0.15, 0.2) is 24.3 Å². The van der Waals surface area contributed by atoms with Gasteiger partial charge in [0.25, 0.3) is 5.91 Å². The van der Waals surface area contributed by atoms with Crippen LogP contribution in [0, 0.1) is 5.41 Å². The molecule has 5 heteroatoms. The van der Waals surface area contributed by atoms with E-state index in [0.717, 1.165) is 18.4 Å². The molecule has 1 aromatic rings. The van der Waals surface area contributed by atoms with Gasteiger partial charge < -0.3 is 15.5 Å². The van der Waals surface area contributed by atoms with Gasteiger partial charge in [-0.25, -0.2) is 0 Å². The second-order valence-electron chi connectivity index (χ2n) is 5.85. The van der Waals surface area contributed by atoms with Gasteiger partial charge in [0, 0.05) is 11.6 Å². The first-order valence-electron chi connectivity index (χ1n) is 7.21. The summed E-state index contributed by atoms with van der Waals surface area (Å²) in [5.74, 6) is -1.12. The molecule has 0 aliphatic heterocycles. The first-order valence-corrected chi connectivity index (χ1v) is 7.21. The van der Waals surface area contributed by atoms with E-state index in [1.54, 1.807) is 31.2 Å². The molecule has 0 spiro atoms. The highest BCUT2D eigenvalue weighted by Gasteiger charge is 2.43. The summed E-state index contributed by atoms with van der Waals surface area (Å²) in [6.07, 6.45) is 3.07. The van der Waals surface area contributed by atoms with Gasteiger partial charge in [-0.05, 0) is 37.5 Å². The van der Waals surface area contributed by atoms with Gasteiger partial charge in [-0.1, -0.05) is 25.0 Å². The van der Waals surface area contributed by atoms with Crippen LogP contribution < -0.4 is 5.32 Å². The summed E-state index contributed by atoms with van der Waals surface area (Å²) in [5, 5.41) is 21.3. The van der Waals surface area contributed by atoms with E-state index in [4.69, 9.17) is 5.11 Å². The third-order valence-electron chi connectivity index (χ3n) is 4.40. The minimum absolute atomic E-state index is 0.0678. The normalized spacial score (nSPS) is 25.3. The number of nitrogens with one attached hydrogen (secondary N) is 1. The molecule has 1 aliphatic carbocycles. The molecule has 114 valence electrons. The number of aliphatic hydroxyl groups excluding tert-OH is 1. The fourth-order valence-electron chi connectivity index (χ4n) is 2.82. The standard InChI is InChI=1S/C16H21NO4/c1-16(15(20)21)9-3-2-4-13(16)17-14(19)12-7-5-11(10-18)6-8-12/h5-8,13,18H,2-4,9-10H2,1H3,(H,17,19)(H,20,21). The van der Waals surface area contributed by atoms with Crippen molar-refractivity contribution >= 4 is 11.9 Å². The second-order valence-corrected chi connectivity index (χ2v) is 5.85. The summed E-state index contributed by atoms with van der Waals surface area (Å²) in [5.41, 5.74) is 0.309. The monoisotopic (exact) mass is 291 g/mol. The van der Waals surface area contributed by atoms with Crippen molar-refractivity contribution in [2.75, 3.05) is 0 Å². The van der Waals surface area contributed by atoms with Crippen LogP contribution in [0.4, 0.5) is 0 Å². The van der Waals surface area contributed by atoms with Gasteiger partial charge in [-0.15, -0.1) is 0 Å². The lowest BCUT2D eigenvalue weighted by Gasteiger charge is -2.38. The molecule has 2 rings (SSSR count). The van der Waals surface area contributed by atoms with Crippen molar-refractivity contribution in [1.29, 1.82) is 0 Å². The second kappa shape index (κ2) is 6.26. The average molecular weight is 291 g/mol. The van der Waals surface area contributed by atoms with Gasteiger partial charge >= 0.3 is 5.97 Å². The third-order valence-corrected chi connectivity index (χ3v) is 4.40. The lowest BCUT2D eigenvalue weighted by Crippen LogP contribution is -2.52. The fourth-order valence-corrected chi connectivity index (χ4v) is 2.82. The van der Waals surface area contributed by atoms with Crippen LogP contribution in [0.1, 0.15) is 48.5 Å². The molecule has 5 nitrogen and oxygen atoms in total. The highest BCUT2D eigenvalue weighted by atomic mass is 16.4. The van der Waals surface area contributed by atoms with E-state index in [9.17, 15) is 14.7 Å². The van der Waals surface area contributed by atoms with Crippen LogP contribution in [-0.4, -0.2) is 28.1 Å². The zero-order chi connectivity index (χ0) is 15.5. The Balaban J connectivity index is 2.11. The Morgan fingerprint density at radius 1 is 1.29 bits per heavy atom. The molecular formula is C16H21NO4. The van der Waals surface area contributed by atoms with Gasteiger partial charge in [-0.2, -0.15) is 0 Å². The van der Waals surface area contributed by atoms with Gasteiger partial charge in [0.15, 0.2) is 0 Å².